The van der Waals surface area contributed by atoms with Crippen LogP contribution < -0.4 is 10.6 Å². The van der Waals surface area contributed by atoms with Crippen molar-refractivity contribution in [1.29, 1.82) is 0 Å². The van der Waals surface area contributed by atoms with E-state index in [9.17, 15) is 14.7 Å². The molecule has 2 fully saturated rings. The van der Waals surface area contributed by atoms with E-state index in [-0.39, 0.29) is 29.8 Å². The number of aliphatic hydroxyl groups excluding tert-OH is 1. The minimum Gasteiger partial charge on any atom is -0.391 e. The number of hydrogen-bond acceptors (Lipinski definition) is 4. The lowest BCUT2D eigenvalue weighted by Gasteiger charge is -2.32. The average Bonchev–Trinajstić information content (AvgIpc) is 2.69. The number of hydrogen-bond donors (Lipinski definition) is 3. The van der Waals surface area contributed by atoms with Crippen LogP contribution in [-0.2, 0) is 14.3 Å². The fourth-order valence-electron chi connectivity index (χ4n) is 3.65. The Hall–Kier alpha value is -2.18. The second-order valence-electron chi connectivity index (χ2n) is 7.35. The lowest BCUT2D eigenvalue weighted by molar-refractivity contribution is -0.129. The molecule has 1 aromatic rings. The summed E-state index contributed by atoms with van der Waals surface area (Å²) >= 11 is 0. The standard InChI is InChI=1S/C21H28N2O4/c24-19-12-13-27-14-18(19)23-21(26)16-7-9-17(10-8-16)22-20(25)11-6-15-4-2-1-3-5-15/h1-6,11,16-19,24H,7-10,12-14H2,(H,22,25)(H,23,26)/t16?,17?,18-,19+/m1/s1. The molecule has 1 saturated heterocycles. The van der Waals surface area contributed by atoms with Crippen LogP contribution in [0.1, 0.15) is 37.7 Å². The summed E-state index contributed by atoms with van der Waals surface area (Å²) in [5, 5.41) is 15.9. The van der Waals surface area contributed by atoms with E-state index in [4.69, 9.17) is 4.74 Å². The number of benzene rings is 1. The normalized spacial score (nSPS) is 28.6. The van der Waals surface area contributed by atoms with Gasteiger partial charge in [0.15, 0.2) is 0 Å². The molecule has 0 aromatic heterocycles. The first kappa shape index (κ1) is 19.6. The van der Waals surface area contributed by atoms with Gasteiger partial charge in [-0.2, -0.15) is 0 Å². The van der Waals surface area contributed by atoms with Crippen LogP contribution in [0.2, 0.25) is 0 Å². The van der Waals surface area contributed by atoms with Gasteiger partial charge in [0.2, 0.25) is 11.8 Å². The Balaban J connectivity index is 1.40. The van der Waals surface area contributed by atoms with Gasteiger partial charge in [0.1, 0.15) is 0 Å². The van der Waals surface area contributed by atoms with Gasteiger partial charge in [0, 0.05) is 24.6 Å². The summed E-state index contributed by atoms with van der Waals surface area (Å²) in [6, 6.07) is 9.49. The zero-order valence-corrected chi connectivity index (χ0v) is 15.5. The Morgan fingerprint density at radius 3 is 2.48 bits per heavy atom. The van der Waals surface area contributed by atoms with Crippen LogP contribution in [-0.4, -0.2) is 48.3 Å². The van der Waals surface area contributed by atoms with E-state index >= 15 is 0 Å². The first-order valence-corrected chi connectivity index (χ1v) is 9.71. The molecular weight excluding hydrogens is 344 g/mol. The SMILES string of the molecule is O=C(C=Cc1ccccc1)NC1CCC(C(=O)N[C@@H]2COCC[C@@H]2O)CC1. The van der Waals surface area contributed by atoms with Gasteiger partial charge in [-0.1, -0.05) is 30.3 Å². The van der Waals surface area contributed by atoms with Crippen LogP contribution in [0.15, 0.2) is 36.4 Å². The van der Waals surface area contributed by atoms with Gasteiger partial charge in [-0.3, -0.25) is 9.59 Å². The van der Waals surface area contributed by atoms with Gasteiger partial charge < -0.3 is 20.5 Å². The highest BCUT2D eigenvalue weighted by atomic mass is 16.5. The molecule has 0 bridgehead atoms. The molecule has 1 aromatic carbocycles. The van der Waals surface area contributed by atoms with E-state index in [1.165, 1.54) is 0 Å². The Bertz CT molecular complexity index is 653. The maximum atomic E-state index is 12.4. The molecule has 1 saturated carbocycles. The second kappa shape index (κ2) is 9.67. The lowest BCUT2D eigenvalue weighted by atomic mass is 9.85. The number of carbonyl (C=O) groups is 2. The Morgan fingerprint density at radius 1 is 1.04 bits per heavy atom. The smallest absolute Gasteiger partial charge is 0.244 e. The van der Waals surface area contributed by atoms with Crippen molar-refractivity contribution in [2.45, 2.75) is 50.3 Å². The molecule has 0 unspecified atom stereocenters. The zero-order chi connectivity index (χ0) is 19.1. The van der Waals surface area contributed by atoms with Gasteiger partial charge in [-0.15, -0.1) is 0 Å². The molecule has 2 atom stereocenters. The molecule has 2 aliphatic rings. The minimum atomic E-state index is -0.533. The van der Waals surface area contributed by atoms with E-state index in [2.05, 4.69) is 10.6 Å². The van der Waals surface area contributed by atoms with Crippen LogP contribution in [0, 0.1) is 5.92 Å². The monoisotopic (exact) mass is 372 g/mol. The molecule has 1 aliphatic heterocycles. The number of carbonyl (C=O) groups excluding carboxylic acids is 2. The third kappa shape index (κ3) is 5.91. The average molecular weight is 372 g/mol. The molecule has 146 valence electrons. The summed E-state index contributed by atoms with van der Waals surface area (Å²) in [5.41, 5.74) is 0.988. The Morgan fingerprint density at radius 2 is 1.78 bits per heavy atom. The summed E-state index contributed by atoms with van der Waals surface area (Å²) in [7, 11) is 0. The molecule has 27 heavy (non-hydrogen) atoms. The Kier molecular flexibility index (Phi) is 7.01. The van der Waals surface area contributed by atoms with Gasteiger partial charge in [0.05, 0.1) is 18.8 Å². The summed E-state index contributed by atoms with van der Waals surface area (Å²) in [4.78, 5) is 24.5. The first-order valence-electron chi connectivity index (χ1n) is 9.71. The van der Waals surface area contributed by atoms with E-state index < -0.39 is 6.10 Å². The molecule has 0 spiro atoms. The number of aliphatic hydroxyl groups is 1. The van der Waals surface area contributed by atoms with E-state index in [0.717, 1.165) is 31.2 Å². The van der Waals surface area contributed by atoms with Crippen LogP contribution >= 0.6 is 0 Å². The summed E-state index contributed by atoms with van der Waals surface area (Å²) in [5.74, 6) is -0.181. The maximum absolute atomic E-state index is 12.4. The van der Waals surface area contributed by atoms with Crippen molar-refractivity contribution >= 4 is 17.9 Å². The number of amides is 2. The van der Waals surface area contributed by atoms with Crippen LogP contribution in [0.3, 0.4) is 0 Å². The first-order chi connectivity index (χ1) is 13.1. The highest BCUT2D eigenvalue weighted by Gasteiger charge is 2.31. The van der Waals surface area contributed by atoms with Crippen molar-refractivity contribution in [1.82, 2.24) is 10.6 Å². The van der Waals surface area contributed by atoms with Crippen molar-refractivity contribution in [3.63, 3.8) is 0 Å². The molecule has 3 rings (SSSR count). The fourth-order valence-corrected chi connectivity index (χ4v) is 3.65. The number of nitrogens with one attached hydrogen (secondary N) is 2. The van der Waals surface area contributed by atoms with E-state index in [0.29, 0.717) is 19.6 Å². The van der Waals surface area contributed by atoms with Crippen molar-refractivity contribution in [2.24, 2.45) is 5.92 Å². The summed E-state index contributed by atoms with van der Waals surface area (Å²) in [6.45, 7) is 0.906. The molecule has 1 heterocycles. The summed E-state index contributed by atoms with van der Waals surface area (Å²) in [6.07, 6.45) is 6.42. The molecule has 6 nitrogen and oxygen atoms in total. The highest BCUT2D eigenvalue weighted by molar-refractivity contribution is 5.91. The summed E-state index contributed by atoms with van der Waals surface area (Å²) < 4.78 is 5.33. The van der Waals surface area contributed by atoms with E-state index in [1.54, 1.807) is 12.2 Å². The maximum Gasteiger partial charge on any atom is 0.244 e. The van der Waals surface area contributed by atoms with Crippen LogP contribution in [0.4, 0.5) is 0 Å². The van der Waals surface area contributed by atoms with Gasteiger partial charge >= 0.3 is 0 Å². The third-order valence-electron chi connectivity index (χ3n) is 5.32. The third-order valence-corrected chi connectivity index (χ3v) is 5.32. The number of rotatable bonds is 5. The molecule has 0 radical (unpaired) electrons. The second-order valence-corrected chi connectivity index (χ2v) is 7.35. The van der Waals surface area contributed by atoms with Gasteiger partial charge in [-0.25, -0.2) is 0 Å². The molecule has 1 aliphatic carbocycles. The molecule has 6 heteroatoms. The Labute approximate surface area is 160 Å². The van der Waals surface area contributed by atoms with Crippen molar-refractivity contribution in [2.75, 3.05) is 13.2 Å². The quantitative estimate of drug-likeness (QED) is 0.686. The lowest BCUT2D eigenvalue weighted by Crippen LogP contribution is -2.51. The van der Waals surface area contributed by atoms with Crippen molar-refractivity contribution < 1.29 is 19.4 Å². The van der Waals surface area contributed by atoms with Crippen molar-refractivity contribution in [3.8, 4) is 0 Å². The van der Waals surface area contributed by atoms with Gasteiger partial charge in [0.25, 0.3) is 0 Å². The fraction of sp³-hybridized carbons (Fsp3) is 0.524. The topological polar surface area (TPSA) is 87.7 Å². The molecular formula is C21H28N2O4. The number of ether oxygens (including phenoxy) is 1. The van der Waals surface area contributed by atoms with E-state index in [1.807, 2.05) is 30.3 Å². The predicted molar refractivity (Wildman–Crippen MR) is 103 cm³/mol. The van der Waals surface area contributed by atoms with Crippen molar-refractivity contribution in [3.05, 3.63) is 42.0 Å². The van der Waals surface area contributed by atoms with Crippen LogP contribution in [0.25, 0.3) is 6.08 Å². The highest BCUT2D eigenvalue weighted by Crippen LogP contribution is 2.25. The zero-order valence-electron chi connectivity index (χ0n) is 15.5. The predicted octanol–water partition coefficient (Wildman–Crippen LogP) is 1.64. The van der Waals surface area contributed by atoms with Crippen LogP contribution in [0.5, 0.6) is 0 Å². The minimum absolute atomic E-state index is 0.0155. The van der Waals surface area contributed by atoms with Gasteiger partial charge in [-0.05, 0) is 43.7 Å². The molecule has 2 amide bonds. The molecule has 3 N–H and O–H groups in total. The largest absolute Gasteiger partial charge is 0.391 e.